The number of aromatic nitrogens is 1. The number of nitrogens with zero attached hydrogens (tertiary/aromatic N) is 2. The Kier molecular flexibility index (Phi) is 4.34. The Morgan fingerprint density at radius 2 is 2.13 bits per heavy atom. The maximum absolute atomic E-state index is 12.8. The summed E-state index contributed by atoms with van der Waals surface area (Å²) < 4.78 is 7.17. The molecule has 1 unspecified atom stereocenters. The van der Waals surface area contributed by atoms with Crippen LogP contribution in [0.3, 0.4) is 0 Å². The number of likely N-dealkylation sites (tertiary alicyclic amines) is 1. The van der Waals surface area contributed by atoms with Crippen LogP contribution in [0.2, 0.25) is 0 Å². The van der Waals surface area contributed by atoms with E-state index in [1.54, 1.807) is 12.0 Å². The van der Waals surface area contributed by atoms with Crippen LogP contribution in [-0.2, 0) is 16.1 Å². The summed E-state index contributed by atoms with van der Waals surface area (Å²) in [5, 5.41) is 0.927. The van der Waals surface area contributed by atoms with Gasteiger partial charge in [-0.25, -0.2) is 0 Å². The number of ether oxygens (including phenoxy) is 1. The van der Waals surface area contributed by atoms with Crippen LogP contribution in [0.4, 0.5) is 0 Å². The first kappa shape index (κ1) is 15.6. The number of amides is 2. The molecule has 0 aliphatic carbocycles. The molecule has 0 spiro atoms. The van der Waals surface area contributed by atoms with E-state index < -0.39 is 0 Å². The fraction of sp³-hybridized carbons (Fsp3) is 0.412. The molecule has 1 fully saturated rings. The molecule has 3 rings (SSSR count). The molecule has 6 heteroatoms. The molecule has 2 aromatic rings. The number of benzene rings is 1. The molecule has 1 saturated heterocycles. The van der Waals surface area contributed by atoms with Crippen molar-refractivity contribution in [3.63, 3.8) is 0 Å². The van der Waals surface area contributed by atoms with Crippen molar-refractivity contribution in [2.75, 3.05) is 26.8 Å². The number of rotatable bonds is 5. The van der Waals surface area contributed by atoms with Gasteiger partial charge < -0.3 is 19.9 Å². The number of methoxy groups -OCH3 is 1. The third-order valence-electron chi connectivity index (χ3n) is 4.43. The van der Waals surface area contributed by atoms with Crippen molar-refractivity contribution in [1.29, 1.82) is 0 Å². The molecule has 1 aliphatic rings. The normalized spacial score (nSPS) is 17.8. The lowest BCUT2D eigenvalue weighted by Crippen LogP contribution is -2.31. The van der Waals surface area contributed by atoms with Gasteiger partial charge in [-0.1, -0.05) is 18.2 Å². The molecule has 122 valence electrons. The molecule has 0 saturated carbocycles. The van der Waals surface area contributed by atoms with Crippen LogP contribution in [0.5, 0.6) is 0 Å². The molecule has 6 nitrogen and oxygen atoms in total. The second-order valence-corrected chi connectivity index (χ2v) is 5.89. The Bertz CT molecular complexity index is 738. The van der Waals surface area contributed by atoms with E-state index in [0.717, 1.165) is 10.9 Å². The maximum atomic E-state index is 12.8. The van der Waals surface area contributed by atoms with Gasteiger partial charge in [0, 0.05) is 43.8 Å². The molecule has 1 aromatic heterocycles. The molecule has 1 aliphatic heterocycles. The zero-order valence-electron chi connectivity index (χ0n) is 13.2. The van der Waals surface area contributed by atoms with E-state index in [-0.39, 0.29) is 17.7 Å². The summed E-state index contributed by atoms with van der Waals surface area (Å²) in [6.45, 7) is 2.25. The molecule has 1 aromatic carbocycles. The highest BCUT2D eigenvalue weighted by molar-refractivity contribution is 6.07. The summed E-state index contributed by atoms with van der Waals surface area (Å²) in [5.41, 5.74) is 7.03. The van der Waals surface area contributed by atoms with E-state index in [1.165, 1.54) is 0 Å². The lowest BCUT2D eigenvalue weighted by atomic mass is 10.1. The minimum atomic E-state index is -0.331. The molecular formula is C17H21N3O3. The van der Waals surface area contributed by atoms with Gasteiger partial charge in [0.25, 0.3) is 5.91 Å². The Labute approximate surface area is 134 Å². The molecular weight excluding hydrogens is 294 g/mol. The molecule has 2 amide bonds. The van der Waals surface area contributed by atoms with Crippen molar-refractivity contribution < 1.29 is 14.3 Å². The standard InChI is InChI=1S/C17H21N3O3/c1-23-9-8-19-11-14(13-4-2-3-5-15(13)19)17(22)20-7-6-12(10-20)16(18)21/h2-5,11-12H,6-10H2,1H3,(H2,18,21). The summed E-state index contributed by atoms with van der Waals surface area (Å²) >= 11 is 0. The van der Waals surface area contributed by atoms with E-state index in [0.29, 0.717) is 38.2 Å². The van der Waals surface area contributed by atoms with Crippen molar-refractivity contribution in [3.8, 4) is 0 Å². The van der Waals surface area contributed by atoms with Gasteiger partial charge in [-0.3, -0.25) is 9.59 Å². The van der Waals surface area contributed by atoms with Crippen LogP contribution < -0.4 is 5.73 Å². The second-order valence-electron chi connectivity index (χ2n) is 5.89. The number of nitrogens with two attached hydrogens (primary N) is 1. The molecule has 0 bridgehead atoms. The third-order valence-corrected chi connectivity index (χ3v) is 4.43. The van der Waals surface area contributed by atoms with E-state index >= 15 is 0 Å². The molecule has 2 N–H and O–H groups in total. The highest BCUT2D eigenvalue weighted by atomic mass is 16.5. The lowest BCUT2D eigenvalue weighted by Gasteiger charge is -2.15. The number of para-hydroxylation sites is 1. The number of primary amides is 1. The molecule has 1 atom stereocenters. The van der Waals surface area contributed by atoms with Crippen LogP contribution in [0, 0.1) is 5.92 Å². The monoisotopic (exact) mass is 315 g/mol. The van der Waals surface area contributed by atoms with Gasteiger partial charge in [-0.2, -0.15) is 0 Å². The predicted molar refractivity (Wildman–Crippen MR) is 87.0 cm³/mol. The van der Waals surface area contributed by atoms with Crippen molar-refractivity contribution in [2.24, 2.45) is 11.7 Å². The maximum Gasteiger partial charge on any atom is 0.256 e. The number of carbonyl (C=O) groups excluding carboxylic acids is 2. The fourth-order valence-corrected chi connectivity index (χ4v) is 3.14. The molecule has 2 heterocycles. The van der Waals surface area contributed by atoms with Gasteiger partial charge in [0.05, 0.1) is 18.1 Å². The van der Waals surface area contributed by atoms with Crippen molar-refractivity contribution in [1.82, 2.24) is 9.47 Å². The third kappa shape index (κ3) is 2.94. The Morgan fingerprint density at radius 3 is 2.83 bits per heavy atom. The first-order valence-corrected chi connectivity index (χ1v) is 7.77. The zero-order valence-corrected chi connectivity index (χ0v) is 13.2. The van der Waals surface area contributed by atoms with Crippen molar-refractivity contribution in [2.45, 2.75) is 13.0 Å². The Hall–Kier alpha value is -2.34. The molecule has 0 radical (unpaired) electrons. The van der Waals surface area contributed by atoms with Crippen LogP contribution >= 0.6 is 0 Å². The van der Waals surface area contributed by atoms with Crippen LogP contribution in [0.15, 0.2) is 30.5 Å². The smallest absolute Gasteiger partial charge is 0.256 e. The highest BCUT2D eigenvalue weighted by Crippen LogP contribution is 2.25. The van der Waals surface area contributed by atoms with E-state index in [2.05, 4.69) is 0 Å². The van der Waals surface area contributed by atoms with E-state index in [9.17, 15) is 9.59 Å². The van der Waals surface area contributed by atoms with Crippen LogP contribution in [0.25, 0.3) is 10.9 Å². The van der Waals surface area contributed by atoms with Gasteiger partial charge in [0.15, 0.2) is 0 Å². The second kappa shape index (κ2) is 6.42. The number of hydrogen-bond acceptors (Lipinski definition) is 3. The first-order valence-electron chi connectivity index (χ1n) is 7.77. The van der Waals surface area contributed by atoms with Crippen LogP contribution in [0.1, 0.15) is 16.8 Å². The lowest BCUT2D eigenvalue weighted by molar-refractivity contribution is -0.121. The van der Waals surface area contributed by atoms with Crippen LogP contribution in [-0.4, -0.2) is 48.1 Å². The minimum Gasteiger partial charge on any atom is -0.383 e. The van der Waals surface area contributed by atoms with Gasteiger partial charge in [-0.05, 0) is 12.5 Å². The average molecular weight is 315 g/mol. The fourth-order valence-electron chi connectivity index (χ4n) is 3.14. The zero-order chi connectivity index (χ0) is 16.4. The summed E-state index contributed by atoms with van der Waals surface area (Å²) in [4.78, 5) is 25.9. The summed E-state index contributed by atoms with van der Waals surface area (Å²) in [7, 11) is 1.66. The van der Waals surface area contributed by atoms with Gasteiger partial charge in [0.1, 0.15) is 0 Å². The average Bonchev–Trinajstić information content (AvgIpc) is 3.18. The van der Waals surface area contributed by atoms with Gasteiger partial charge >= 0.3 is 0 Å². The van der Waals surface area contributed by atoms with E-state index in [4.69, 9.17) is 10.5 Å². The predicted octanol–water partition coefficient (Wildman–Crippen LogP) is 1.24. The summed E-state index contributed by atoms with van der Waals surface area (Å²) in [6, 6.07) is 7.83. The Morgan fingerprint density at radius 1 is 1.35 bits per heavy atom. The topological polar surface area (TPSA) is 77.6 Å². The molecule has 23 heavy (non-hydrogen) atoms. The largest absolute Gasteiger partial charge is 0.383 e. The summed E-state index contributed by atoms with van der Waals surface area (Å²) in [5.74, 6) is -0.607. The van der Waals surface area contributed by atoms with E-state index in [1.807, 2.05) is 35.0 Å². The highest BCUT2D eigenvalue weighted by Gasteiger charge is 2.31. The first-order chi connectivity index (χ1) is 11.1. The van der Waals surface area contributed by atoms with Crippen molar-refractivity contribution in [3.05, 3.63) is 36.0 Å². The Balaban J connectivity index is 1.90. The number of carbonyl (C=O) groups is 2. The van der Waals surface area contributed by atoms with Crippen molar-refractivity contribution >= 4 is 22.7 Å². The number of fused-ring (bicyclic) bond motifs is 1. The van der Waals surface area contributed by atoms with Gasteiger partial charge in [0.2, 0.25) is 5.91 Å². The minimum absolute atomic E-state index is 0.0406. The number of hydrogen-bond donors (Lipinski definition) is 1. The SMILES string of the molecule is COCCn1cc(C(=O)N2CCC(C(N)=O)C2)c2ccccc21. The summed E-state index contributed by atoms with van der Waals surface area (Å²) in [6.07, 6.45) is 2.52. The quantitative estimate of drug-likeness (QED) is 0.901. The van der Waals surface area contributed by atoms with Gasteiger partial charge in [-0.15, -0.1) is 0 Å².